The van der Waals surface area contributed by atoms with Gasteiger partial charge in [0.15, 0.2) is 5.82 Å². The van der Waals surface area contributed by atoms with E-state index in [0.29, 0.717) is 23.6 Å². The second kappa shape index (κ2) is 17.1. The maximum Gasteiger partial charge on any atom is 0.335 e. The second-order valence-corrected chi connectivity index (χ2v) is 12.7. The Kier molecular flexibility index (Phi) is 12.6. The molecule has 0 unspecified atom stereocenters. The van der Waals surface area contributed by atoms with Gasteiger partial charge in [0, 0.05) is 41.2 Å². The first-order chi connectivity index (χ1) is 24.8. The summed E-state index contributed by atoms with van der Waals surface area (Å²) in [6.45, 7) is 7.33. The number of aromatic amines is 1. The summed E-state index contributed by atoms with van der Waals surface area (Å²) in [5, 5.41) is 15.7. The Bertz CT molecular complexity index is 1940. The number of aromatic carboxylic acids is 1. The molecule has 0 amide bonds. The Morgan fingerprint density at radius 1 is 0.635 bits per heavy atom. The maximum atomic E-state index is 11.7. The van der Waals surface area contributed by atoms with Gasteiger partial charge in [-0.1, -0.05) is 36.4 Å². The van der Waals surface area contributed by atoms with Crippen molar-refractivity contribution in [3.05, 3.63) is 90.8 Å². The van der Waals surface area contributed by atoms with Gasteiger partial charge in [0.05, 0.1) is 37.7 Å². The smallest absolute Gasteiger partial charge is 0.335 e. The number of pyridine rings is 2. The summed E-state index contributed by atoms with van der Waals surface area (Å²) in [6.07, 6.45) is 3.36. The molecule has 5 aromatic rings. The van der Waals surface area contributed by atoms with Crippen molar-refractivity contribution in [1.82, 2.24) is 25.1 Å². The molecule has 0 bridgehead atoms. The van der Waals surface area contributed by atoms with Crippen molar-refractivity contribution in [3.63, 3.8) is 0 Å². The maximum absolute atomic E-state index is 11.7. The fourth-order valence-corrected chi connectivity index (χ4v) is 4.54. The zero-order valence-corrected chi connectivity index (χ0v) is 30.0. The molecule has 3 heterocycles. The highest BCUT2D eigenvalue weighted by molar-refractivity contribution is 5.88. The van der Waals surface area contributed by atoms with Gasteiger partial charge in [-0.2, -0.15) is 4.98 Å². The van der Waals surface area contributed by atoms with Gasteiger partial charge < -0.3 is 28.8 Å². The number of methoxy groups -OCH3 is 3. The van der Waals surface area contributed by atoms with E-state index >= 15 is 0 Å². The molecule has 0 radical (unpaired) electrons. The van der Waals surface area contributed by atoms with Gasteiger partial charge in [-0.25, -0.2) is 14.8 Å². The third-order valence-corrected chi connectivity index (χ3v) is 7.71. The molecule has 0 atom stereocenters. The number of aromatic nitrogens is 5. The molecule has 0 aliphatic heterocycles. The average Bonchev–Trinajstić information content (AvgIpc) is 3.66. The Balaban J connectivity index is 0.000000236. The molecule has 0 aliphatic rings. The third kappa shape index (κ3) is 10.1. The topological polar surface area (TPSA) is 185 Å². The zero-order chi connectivity index (χ0) is 37.9. The Hall–Kier alpha value is -6.31. The van der Waals surface area contributed by atoms with Crippen LogP contribution in [0.5, 0.6) is 17.8 Å². The predicted octanol–water partition coefficient (Wildman–Crippen LogP) is 6.15. The number of H-pyrrole nitrogens is 1. The van der Waals surface area contributed by atoms with Crippen LogP contribution in [0.2, 0.25) is 0 Å². The van der Waals surface area contributed by atoms with Gasteiger partial charge in [0.25, 0.3) is 0 Å². The van der Waals surface area contributed by atoms with E-state index in [9.17, 15) is 14.4 Å². The summed E-state index contributed by atoms with van der Waals surface area (Å²) in [5.74, 6) is -0.148. The Morgan fingerprint density at radius 3 is 1.42 bits per heavy atom. The number of nitrogens with one attached hydrogen (secondary N) is 1. The monoisotopic (exact) mass is 711 g/mol. The molecule has 5 rings (SSSR count). The van der Waals surface area contributed by atoms with Crippen LogP contribution in [0.15, 0.2) is 85.2 Å². The minimum atomic E-state index is -0.961. The summed E-state index contributed by atoms with van der Waals surface area (Å²) >= 11 is 0. The molecule has 52 heavy (non-hydrogen) atoms. The highest BCUT2D eigenvalue weighted by Crippen LogP contribution is 2.26. The normalized spacial score (nSPS) is 11.1. The Morgan fingerprint density at radius 2 is 1.06 bits per heavy atom. The van der Waals surface area contributed by atoms with Crippen molar-refractivity contribution in [2.45, 2.75) is 27.7 Å². The molecule has 14 heteroatoms. The van der Waals surface area contributed by atoms with Crippen LogP contribution in [0.1, 0.15) is 38.1 Å². The van der Waals surface area contributed by atoms with E-state index in [1.165, 1.54) is 21.3 Å². The average molecular weight is 712 g/mol. The second-order valence-electron chi connectivity index (χ2n) is 12.7. The van der Waals surface area contributed by atoms with Crippen LogP contribution in [-0.2, 0) is 19.1 Å². The van der Waals surface area contributed by atoms with Crippen LogP contribution in [0.25, 0.3) is 33.6 Å². The number of rotatable bonds is 13. The quantitative estimate of drug-likeness (QED) is 0.133. The van der Waals surface area contributed by atoms with Crippen molar-refractivity contribution in [2.75, 3.05) is 34.5 Å². The summed E-state index contributed by atoms with van der Waals surface area (Å²) in [5.41, 5.74) is 3.27. The highest BCUT2D eigenvalue weighted by Gasteiger charge is 2.30. The largest absolute Gasteiger partial charge is 0.478 e. The van der Waals surface area contributed by atoms with Crippen molar-refractivity contribution in [1.29, 1.82) is 0 Å². The number of ether oxygens (including phenoxy) is 5. The predicted molar refractivity (Wildman–Crippen MR) is 191 cm³/mol. The Labute approximate surface area is 301 Å². The number of carbonyl (C=O) groups excluding carboxylic acids is 2. The number of nitrogens with zero attached hydrogens (tertiary/aromatic N) is 4. The summed E-state index contributed by atoms with van der Waals surface area (Å²) in [7, 11) is 4.22. The fourth-order valence-electron chi connectivity index (χ4n) is 4.54. The molecule has 0 fully saturated rings. The standard InChI is InChI=1S/C20H22N4O4.C18H19NO5/c1-20(2,18(25)26-3)12-28-16-10-9-15(11-21-16)13-5-7-14(8-6-13)17-22-19(27-4)24-23-17;1-18(2,17(22)23-3)11-24-15-9-8-14(10-19-15)12-4-6-13(7-5-12)16(20)21/h5-11H,12H2,1-4H3,(H,22,23,24);4-10H,11H2,1-3H3,(H,20,21). The third-order valence-electron chi connectivity index (χ3n) is 7.71. The first-order valence-electron chi connectivity index (χ1n) is 16.0. The van der Waals surface area contributed by atoms with Gasteiger partial charge in [-0.15, -0.1) is 5.10 Å². The zero-order valence-electron chi connectivity index (χ0n) is 30.0. The van der Waals surface area contributed by atoms with E-state index in [1.54, 1.807) is 76.5 Å². The SMILES string of the molecule is COC(=O)C(C)(C)COc1ccc(-c2ccc(-c3nc(OC)n[nH]3)cc2)cn1.COC(=O)C(C)(C)COc1ccc(-c2ccc(C(=O)O)cc2)cn1. The lowest BCUT2D eigenvalue weighted by molar-refractivity contribution is -0.153. The lowest BCUT2D eigenvalue weighted by atomic mass is 9.95. The van der Waals surface area contributed by atoms with E-state index < -0.39 is 16.8 Å². The molecule has 3 aromatic heterocycles. The minimum absolute atomic E-state index is 0.152. The van der Waals surface area contributed by atoms with Crippen LogP contribution >= 0.6 is 0 Å². The van der Waals surface area contributed by atoms with Crippen LogP contribution < -0.4 is 14.2 Å². The summed E-state index contributed by atoms with van der Waals surface area (Å²) in [4.78, 5) is 46.9. The lowest BCUT2D eigenvalue weighted by Crippen LogP contribution is -2.32. The van der Waals surface area contributed by atoms with Crippen molar-refractivity contribution in [3.8, 4) is 51.4 Å². The number of hydrogen-bond acceptors (Lipinski definition) is 12. The number of esters is 2. The van der Waals surface area contributed by atoms with Crippen LogP contribution in [0, 0.1) is 10.8 Å². The first-order valence-corrected chi connectivity index (χ1v) is 16.0. The van der Waals surface area contributed by atoms with Gasteiger partial charge in [0.2, 0.25) is 11.8 Å². The fraction of sp³-hybridized carbons (Fsp3) is 0.289. The van der Waals surface area contributed by atoms with Gasteiger partial charge in [-0.3, -0.25) is 14.7 Å². The number of carbonyl (C=O) groups is 3. The molecule has 0 saturated carbocycles. The highest BCUT2D eigenvalue weighted by atomic mass is 16.5. The van der Waals surface area contributed by atoms with Crippen molar-refractivity contribution < 1.29 is 43.2 Å². The molecular formula is C38H41N5O9. The van der Waals surface area contributed by atoms with E-state index in [-0.39, 0.29) is 30.7 Å². The molecule has 0 spiro atoms. The van der Waals surface area contributed by atoms with Crippen LogP contribution in [0.3, 0.4) is 0 Å². The lowest BCUT2D eigenvalue weighted by Gasteiger charge is -2.21. The van der Waals surface area contributed by atoms with Gasteiger partial charge in [0.1, 0.15) is 13.2 Å². The van der Waals surface area contributed by atoms with Gasteiger partial charge in [-0.05, 0) is 63.1 Å². The molecular weight excluding hydrogens is 670 g/mol. The van der Waals surface area contributed by atoms with E-state index in [0.717, 1.165) is 27.8 Å². The molecule has 2 aromatic carbocycles. The number of benzene rings is 2. The molecule has 0 saturated heterocycles. The first kappa shape index (κ1) is 38.5. The van der Waals surface area contributed by atoms with Crippen LogP contribution in [0.4, 0.5) is 0 Å². The molecule has 272 valence electrons. The van der Waals surface area contributed by atoms with Crippen molar-refractivity contribution in [2.24, 2.45) is 10.8 Å². The number of carboxylic acids is 1. The molecule has 0 aliphatic carbocycles. The number of hydrogen-bond donors (Lipinski definition) is 2. The molecule has 2 N–H and O–H groups in total. The van der Waals surface area contributed by atoms with E-state index in [2.05, 4.69) is 25.1 Å². The minimum Gasteiger partial charge on any atom is -0.478 e. The van der Waals surface area contributed by atoms with Gasteiger partial charge >= 0.3 is 23.9 Å². The number of carboxylic acid groups (broad SMARTS) is 1. The van der Waals surface area contributed by atoms with Crippen LogP contribution in [-0.4, -0.2) is 82.7 Å². The van der Waals surface area contributed by atoms with E-state index in [4.69, 9.17) is 28.8 Å². The van der Waals surface area contributed by atoms with E-state index in [1.807, 2.05) is 36.4 Å². The summed E-state index contributed by atoms with van der Waals surface area (Å²) in [6, 6.07) is 21.9. The summed E-state index contributed by atoms with van der Waals surface area (Å²) < 4.78 is 25.7. The van der Waals surface area contributed by atoms with Crippen molar-refractivity contribution >= 4 is 17.9 Å². The molecule has 14 nitrogen and oxygen atoms in total.